The van der Waals surface area contributed by atoms with Crippen LogP contribution in [0.1, 0.15) is 11.1 Å². The summed E-state index contributed by atoms with van der Waals surface area (Å²) in [6.07, 6.45) is -2.88. The van der Waals surface area contributed by atoms with Crippen molar-refractivity contribution in [3.05, 3.63) is 48.0 Å². The maximum atomic E-state index is 12.6. The van der Waals surface area contributed by atoms with Crippen LogP contribution in [0.25, 0.3) is 0 Å². The lowest BCUT2D eigenvalue weighted by Gasteiger charge is -2.08. The van der Waals surface area contributed by atoms with Crippen molar-refractivity contribution in [2.75, 3.05) is 11.1 Å². The molecule has 0 fully saturated rings. The maximum absolute atomic E-state index is 12.6. The summed E-state index contributed by atoms with van der Waals surface area (Å²) < 4.78 is 38.6. The van der Waals surface area contributed by atoms with Crippen LogP contribution in [0.15, 0.2) is 41.3 Å². The Bertz CT molecular complexity index is 701. The number of rotatable bonds is 6. The predicted molar refractivity (Wildman–Crippen MR) is 84.6 cm³/mol. The SMILES string of the molecule is C=CCSc1nnc(NC(=O)Cc2cccc(C(F)(F)F)c2)s1. The largest absolute Gasteiger partial charge is 0.416 e. The third-order valence-corrected chi connectivity index (χ3v) is 4.56. The van der Waals surface area contributed by atoms with Crippen molar-refractivity contribution in [1.82, 2.24) is 10.2 Å². The van der Waals surface area contributed by atoms with Gasteiger partial charge in [-0.15, -0.1) is 16.8 Å². The molecule has 0 aliphatic rings. The Morgan fingerprint density at radius 1 is 1.39 bits per heavy atom. The van der Waals surface area contributed by atoms with Gasteiger partial charge in [0.25, 0.3) is 0 Å². The first-order chi connectivity index (χ1) is 10.9. The van der Waals surface area contributed by atoms with Gasteiger partial charge in [-0.05, 0) is 11.6 Å². The lowest BCUT2D eigenvalue weighted by atomic mass is 10.1. The summed E-state index contributed by atoms with van der Waals surface area (Å²) in [5.74, 6) is 0.230. The summed E-state index contributed by atoms with van der Waals surface area (Å²) in [6.45, 7) is 3.59. The molecule has 0 bridgehead atoms. The van der Waals surface area contributed by atoms with Gasteiger partial charge in [0.05, 0.1) is 12.0 Å². The molecule has 1 aromatic carbocycles. The van der Waals surface area contributed by atoms with Crippen LogP contribution in [-0.2, 0) is 17.4 Å². The van der Waals surface area contributed by atoms with Gasteiger partial charge in [-0.3, -0.25) is 4.79 Å². The van der Waals surface area contributed by atoms with Crippen LogP contribution in [0.2, 0.25) is 0 Å². The standard InChI is InChI=1S/C14H12F3N3OS2/c1-2-6-22-13-20-19-12(23-13)18-11(21)8-9-4-3-5-10(7-9)14(15,16)17/h2-5,7H,1,6,8H2,(H,18,19,21). The number of nitrogens with one attached hydrogen (secondary N) is 1. The van der Waals surface area contributed by atoms with Crippen LogP contribution in [0, 0.1) is 0 Å². The predicted octanol–water partition coefficient (Wildman–Crippen LogP) is 4.02. The quantitative estimate of drug-likeness (QED) is 0.481. The molecule has 23 heavy (non-hydrogen) atoms. The second kappa shape index (κ2) is 7.60. The van der Waals surface area contributed by atoms with E-state index in [1.165, 1.54) is 35.2 Å². The van der Waals surface area contributed by atoms with E-state index in [1.54, 1.807) is 6.08 Å². The number of carbonyl (C=O) groups excluding carboxylic acids is 1. The molecule has 0 unspecified atom stereocenters. The number of nitrogens with zero attached hydrogens (tertiary/aromatic N) is 2. The van der Waals surface area contributed by atoms with E-state index in [2.05, 4.69) is 22.1 Å². The van der Waals surface area contributed by atoms with Gasteiger partial charge >= 0.3 is 6.18 Å². The number of thioether (sulfide) groups is 1. The molecule has 1 N–H and O–H groups in total. The zero-order valence-electron chi connectivity index (χ0n) is 11.8. The highest BCUT2D eigenvalue weighted by atomic mass is 32.2. The van der Waals surface area contributed by atoms with Crippen molar-refractivity contribution in [2.24, 2.45) is 0 Å². The summed E-state index contributed by atoms with van der Waals surface area (Å²) in [5, 5.41) is 10.5. The summed E-state index contributed by atoms with van der Waals surface area (Å²) in [5.41, 5.74) is -0.495. The van der Waals surface area contributed by atoms with Crippen molar-refractivity contribution in [2.45, 2.75) is 16.9 Å². The number of hydrogen-bond acceptors (Lipinski definition) is 5. The molecule has 9 heteroatoms. The topological polar surface area (TPSA) is 54.9 Å². The highest BCUT2D eigenvalue weighted by Crippen LogP contribution is 2.30. The van der Waals surface area contributed by atoms with Crippen molar-refractivity contribution in [3.63, 3.8) is 0 Å². The summed E-state index contributed by atoms with van der Waals surface area (Å²) in [4.78, 5) is 11.9. The van der Waals surface area contributed by atoms with Gasteiger partial charge < -0.3 is 5.32 Å². The number of halogens is 3. The van der Waals surface area contributed by atoms with Crippen LogP contribution in [0.4, 0.5) is 18.3 Å². The Labute approximate surface area is 138 Å². The zero-order valence-corrected chi connectivity index (χ0v) is 13.4. The fourth-order valence-electron chi connectivity index (χ4n) is 1.66. The lowest BCUT2D eigenvalue weighted by Crippen LogP contribution is -2.15. The Morgan fingerprint density at radius 3 is 2.87 bits per heavy atom. The zero-order chi connectivity index (χ0) is 16.9. The highest BCUT2D eigenvalue weighted by molar-refractivity contribution is 8.01. The third kappa shape index (κ3) is 5.36. The number of anilines is 1. The molecule has 0 aliphatic carbocycles. The lowest BCUT2D eigenvalue weighted by molar-refractivity contribution is -0.137. The minimum atomic E-state index is -4.43. The highest BCUT2D eigenvalue weighted by Gasteiger charge is 2.30. The summed E-state index contributed by atoms with van der Waals surface area (Å²) in [6, 6.07) is 4.68. The number of alkyl halides is 3. The van der Waals surface area contributed by atoms with Gasteiger partial charge in [0.2, 0.25) is 11.0 Å². The smallest absolute Gasteiger partial charge is 0.300 e. The van der Waals surface area contributed by atoms with E-state index in [-0.39, 0.29) is 12.0 Å². The molecular formula is C14H12F3N3OS2. The van der Waals surface area contributed by atoms with E-state index in [4.69, 9.17) is 0 Å². The number of amides is 1. The normalized spacial score (nSPS) is 11.3. The Hall–Kier alpha value is -1.87. The first kappa shape index (κ1) is 17.5. The van der Waals surface area contributed by atoms with Gasteiger partial charge in [-0.25, -0.2) is 0 Å². The van der Waals surface area contributed by atoms with E-state index in [0.717, 1.165) is 12.1 Å². The summed E-state index contributed by atoms with van der Waals surface area (Å²) in [7, 11) is 0. The maximum Gasteiger partial charge on any atom is 0.416 e. The third-order valence-electron chi connectivity index (χ3n) is 2.60. The van der Waals surface area contributed by atoms with Crippen molar-refractivity contribution < 1.29 is 18.0 Å². The van der Waals surface area contributed by atoms with Crippen LogP contribution in [0.5, 0.6) is 0 Å². The minimum absolute atomic E-state index is 0.168. The molecule has 4 nitrogen and oxygen atoms in total. The molecule has 2 rings (SSSR count). The molecule has 0 spiro atoms. The van der Waals surface area contributed by atoms with E-state index in [0.29, 0.717) is 15.2 Å². The average Bonchev–Trinajstić information content (AvgIpc) is 2.91. The van der Waals surface area contributed by atoms with E-state index < -0.39 is 17.6 Å². The van der Waals surface area contributed by atoms with Crippen molar-refractivity contribution in [1.29, 1.82) is 0 Å². The fraction of sp³-hybridized carbons (Fsp3) is 0.214. The molecule has 1 heterocycles. The Balaban J connectivity index is 1.97. The Kier molecular flexibility index (Phi) is 5.78. The number of hydrogen-bond donors (Lipinski definition) is 1. The first-order valence-electron chi connectivity index (χ1n) is 6.41. The number of carbonyl (C=O) groups is 1. The minimum Gasteiger partial charge on any atom is -0.300 e. The second-order valence-electron chi connectivity index (χ2n) is 4.40. The average molecular weight is 359 g/mol. The summed E-state index contributed by atoms with van der Waals surface area (Å²) >= 11 is 2.63. The fourth-order valence-corrected chi connectivity index (χ4v) is 3.18. The van der Waals surface area contributed by atoms with Crippen LogP contribution >= 0.6 is 23.1 Å². The first-order valence-corrected chi connectivity index (χ1v) is 8.22. The van der Waals surface area contributed by atoms with Crippen LogP contribution < -0.4 is 5.32 Å². The molecule has 0 atom stereocenters. The van der Waals surface area contributed by atoms with E-state index in [9.17, 15) is 18.0 Å². The molecular weight excluding hydrogens is 347 g/mol. The van der Waals surface area contributed by atoms with Crippen LogP contribution in [0.3, 0.4) is 0 Å². The molecule has 0 saturated heterocycles. The number of aromatic nitrogens is 2. The van der Waals surface area contributed by atoms with E-state index >= 15 is 0 Å². The monoisotopic (exact) mass is 359 g/mol. The second-order valence-corrected chi connectivity index (χ2v) is 6.64. The molecule has 2 aromatic rings. The van der Waals surface area contributed by atoms with Gasteiger partial charge in [0.15, 0.2) is 4.34 Å². The van der Waals surface area contributed by atoms with Gasteiger partial charge in [0, 0.05) is 5.75 Å². The van der Waals surface area contributed by atoms with Gasteiger partial charge in [-0.1, -0.05) is 47.4 Å². The van der Waals surface area contributed by atoms with Crippen molar-refractivity contribution in [3.8, 4) is 0 Å². The molecule has 1 aromatic heterocycles. The molecule has 122 valence electrons. The molecule has 0 aliphatic heterocycles. The number of benzene rings is 1. The van der Waals surface area contributed by atoms with Gasteiger partial charge in [-0.2, -0.15) is 13.2 Å². The van der Waals surface area contributed by atoms with Gasteiger partial charge in [0.1, 0.15) is 0 Å². The molecule has 0 radical (unpaired) electrons. The van der Waals surface area contributed by atoms with Crippen molar-refractivity contribution >= 4 is 34.1 Å². The molecule has 1 amide bonds. The Morgan fingerprint density at radius 2 is 2.17 bits per heavy atom. The van der Waals surface area contributed by atoms with E-state index in [1.807, 2.05) is 0 Å². The molecule has 0 saturated carbocycles. The van der Waals surface area contributed by atoms with Crippen LogP contribution in [-0.4, -0.2) is 21.9 Å².